The number of para-hydroxylation sites is 1. The van der Waals surface area contributed by atoms with Crippen molar-refractivity contribution in [2.75, 3.05) is 19.0 Å². The molecule has 0 spiro atoms. The number of nitrogens with one attached hydrogen (secondary N) is 2. The summed E-state index contributed by atoms with van der Waals surface area (Å²) >= 11 is 0. The fourth-order valence-electron chi connectivity index (χ4n) is 1.50. The molecule has 1 aromatic rings. The summed E-state index contributed by atoms with van der Waals surface area (Å²) in [6.07, 6.45) is 0.915. The van der Waals surface area contributed by atoms with Crippen LogP contribution < -0.4 is 15.4 Å². The van der Waals surface area contributed by atoms with E-state index >= 15 is 0 Å². The Kier molecular flexibility index (Phi) is 2.26. The lowest BCUT2D eigenvalue weighted by Gasteiger charge is -2.08. The Bertz CT molecular complexity index is 363. The molecule has 2 rings (SSSR count). The van der Waals surface area contributed by atoms with E-state index < -0.39 is 0 Å². The Morgan fingerprint density at radius 1 is 1.50 bits per heavy atom. The van der Waals surface area contributed by atoms with Gasteiger partial charge in [0.15, 0.2) is 0 Å². The van der Waals surface area contributed by atoms with E-state index in [0.717, 1.165) is 23.4 Å². The SMILES string of the molecule is CNC(=O)Nc1cccc2c1OCC2. The van der Waals surface area contributed by atoms with E-state index in [-0.39, 0.29) is 6.03 Å². The van der Waals surface area contributed by atoms with Crippen molar-refractivity contribution in [1.82, 2.24) is 5.32 Å². The summed E-state index contributed by atoms with van der Waals surface area (Å²) in [7, 11) is 1.58. The Morgan fingerprint density at radius 2 is 2.36 bits per heavy atom. The molecule has 0 unspecified atom stereocenters. The lowest BCUT2D eigenvalue weighted by atomic mass is 10.1. The molecule has 0 aromatic heterocycles. The van der Waals surface area contributed by atoms with Crippen molar-refractivity contribution in [3.8, 4) is 5.75 Å². The molecule has 0 fully saturated rings. The van der Waals surface area contributed by atoms with Gasteiger partial charge in [-0.05, 0) is 11.6 Å². The first-order chi connectivity index (χ1) is 6.81. The number of hydrogen-bond acceptors (Lipinski definition) is 2. The third kappa shape index (κ3) is 1.51. The molecule has 1 aromatic carbocycles. The van der Waals surface area contributed by atoms with E-state index in [2.05, 4.69) is 10.6 Å². The maximum absolute atomic E-state index is 11.1. The fourth-order valence-corrected chi connectivity index (χ4v) is 1.50. The van der Waals surface area contributed by atoms with Gasteiger partial charge in [0.2, 0.25) is 0 Å². The first-order valence-corrected chi connectivity index (χ1v) is 4.54. The minimum Gasteiger partial charge on any atom is -0.491 e. The quantitative estimate of drug-likeness (QED) is 0.706. The highest BCUT2D eigenvalue weighted by atomic mass is 16.5. The first-order valence-electron chi connectivity index (χ1n) is 4.54. The van der Waals surface area contributed by atoms with E-state index in [1.54, 1.807) is 7.05 Å². The van der Waals surface area contributed by atoms with Crippen LogP contribution in [0, 0.1) is 0 Å². The summed E-state index contributed by atoms with van der Waals surface area (Å²) in [4.78, 5) is 11.1. The van der Waals surface area contributed by atoms with Gasteiger partial charge in [-0.3, -0.25) is 0 Å². The summed E-state index contributed by atoms with van der Waals surface area (Å²) in [5, 5.41) is 5.22. The zero-order valence-corrected chi connectivity index (χ0v) is 7.96. The molecule has 0 saturated carbocycles. The Labute approximate surface area is 82.3 Å². The highest BCUT2D eigenvalue weighted by Crippen LogP contribution is 2.33. The molecule has 1 aliphatic rings. The van der Waals surface area contributed by atoms with E-state index in [1.165, 1.54) is 0 Å². The van der Waals surface area contributed by atoms with Crippen LogP contribution in [0.3, 0.4) is 0 Å². The zero-order chi connectivity index (χ0) is 9.97. The Balaban J connectivity index is 2.26. The van der Waals surface area contributed by atoms with Crippen LogP contribution in [-0.2, 0) is 6.42 Å². The van der Waals surface area contributed by atoms with Crippen LogP contribution in [-0.4, -0.2) is 19.7 Å². The molecule has 14 heavy (non-hydrogen) atoms. The van der Waals surface area contributed by atoms with E-state index in [9.17, 15) is 4.79 Å². The van der Waals surface area contributed by atoms with Gasteiger partial charge in [-0.2, -0.15) is 0 Å². The van der Waals surface area contributed by atoms with E-state index in [4.69, 9.17) is 4.74 Å². The molecule has 2 amide bonds. The normalized spacial score (nSPS) is 12.9. The number of anilines is 1. The van der Waals surface area contributed by atoms with Gasteiger partial charge in [0.25, 0.3) is 0 Å². The Morgan fingerprint density at radius 3 is 3.14 bits per heavy atom. The molecule has 2 N–H and O–H groups in total. The van der Waals surface area contributed by atoms with Crippen molar-refractivity contribution in [2.45, 2.75) is 6.42 Å². The van der Waals surface area contributed by atoms with Crippen LogP contribution in [0.2, 0.25) is 0 Å². The van der Waals surface area contributed by atoms with Gasteiger partial charge in [-0.15, -0.1) is 0 Å². The summed E-state index contributed by atoms with van der Waals surface area (Å²) in [6.45, 7) is 0.696. The fraction of sp³-hybridized carbons (Fsp3) is 0.300. The predicted octanol–water partition coefficient (Wildman–Crippen LogP) is 1.37. The van der Waals surface area contributed by atoms with Gasteiger partial charge in [-0.1, -0.05) is 12.1 Å². The van der Waals surface area contributed by atoms with Gasteiger partial charge in [-0.25, -0.2) is 4.79 Å². The third-order valence-electron chi connectivity index (χ3n) is 2.19. The number of rotatable bonds is 1. The largest absolute Gasteiger partial charge is 0.491 e. The van der Waals surface area contributed by atoms with Crippen LogP contribution in [0.25, 0.3) is 0 Å². The number of ether oxygens (including phenoxy) is 1. The molecule has 0 bridgehead atoms. The molecule has 0 atom stereocenters. The second-order valence-electron chi connectivity index (χ2n) is 3.10. The highest BCUT2D eigenvalue weighted by Gasteiger charge is 2.16. The molecule has 0 radical (unpaired) electrons. The van der Waals surface area contributed by atoms with Gasteiger partial charge in [0, 0.05) is 13.5 Å². The molecule has 74 valence electrons. The summed E-state index contributed by atoms with van der Waals surface area (Å²) in [5.74, 6) is 0.802. The van der Waals surface area contributed by atoms with Crippen molar-refractivity contribution in [2.24, 2.45) is 0 Å². The van der Waals surface area contributed by atoms with Crippen LogP contribution >= 0.6 is 0 Å². The summed E-state index contributed by atoms with van der Waals surface area (Å²) in [5.41, 5.74) is 1.89. The molecular weight excluding hydrogens is 180 g/mol. The molecular formula is C10H12N2O2. The zero-order valence-electron chi connectivity index (χ0n) is 7.96. The van der Waals surface area contributed by atoms with Gasteiger partial charge in [0.05, 0.1) is 12.3 Å². The minimum atomic E-state index is -0.228. The lowest BCUT2D eigenvalue weighted by Crippen LogP contribution is -2.24. The summed E-state index contributed by atoms with van der Waals surface area (Å²) < 4.78 is 5.43. The molecule has 4 heteroatoms. The third-order valence-corrected chi connectivity index (χ3v) is 2.19. The van der Waals surface area contributed by atoms with Crippen molar-refractivity contribution >= 4 is 11.7 Å². The van der Waals surface area contributed by atoms with Gasteiger partial charge >= 0.3 is 6.03 Å². The molecule has 0 saturated heterocycles. The average molecular weight is 192 g/mol. The van der Waals surface area contributed by atoms with Crippen molar-refractivity contribution < 1.29 is 9.53 Å². The second-order valence-corrected chi connectivity index (χ2v) is 3.10. The second kappa shape index (κ2) is 3.57. The van der Waals surface area contributed by atoms with Crippen molar-refractivity contribution in [1.29, 1.82) is 0 Å². The topological polar surface area (TPSA) is 50.4 Å². The minimum absolute atomic E-state index is 0.228. The lowest BCUT2D eigenvalue weighted by molar-refractivity contribution is 0.253. The number of fused-ring (bicyclic) bond motifs is 1. The number of carbonyl (C=O) groups is 1. The van der Waals surface area contributed by atoms with E-state index in [1.807, 2.05) is 18.2 Å². The maximum atomic E-state index is 11.1. The van der Waals surface area contributed by atoms with Crippen molar-refractivity contribution in [3.63, 3.8) is 0 Å². The molecule has 4 nitrogen and oxygen atoms in total. The Hall–Kier alpha value is -1.71. The van der Waals surface area contributed by atoms with Gasteiger partial charge in [0.1, 0.15) is 5.75 Å². The highest BCUT2D eigenvalue weighted by molar-refractivity contribution is 5.91. The molecule has 1 heterocycles. The number of amides is 2. The van der Waals surface area contributed by atoms with Crippen LogP contribution in [0.1, 0.15) is 5.56 Å². The van der Waals surface area contributed by atoms with Crippen LogP contribution in [0.5, 0.6) is 5.75 Å². The van der Waals surface area contributed by atoms with Gasteiger partial charge < -0.3 is 15.4 Å². The predicted molar refractivity (Wildman–Crippen MR) is 53.7 cm³/mol. The molecule has 1 aliphatic heterocycles. The monoisotopic (exact) mass is 192 g/mol. The summed E-state index contributed by atoms with van der Waals surface area (Å²) in [6, 6.07) is 5.53. The number of benzene rings is 1. The van der Waals surface area contributed by atoms with E-state index in [0.29, 0.717) is 6.61 Å². The smallest absolute Gasteiger partial charge is 0.319 e. The number of urea groups is 1. The van der Waals surface area contributed by atoms with Crippen LogP contribution in [0.15, 0.2) is 18.2 Å². The maximum Gasteiger partial charge on any atom is 0.319 e. The average Bonchev–Trinajstić information content (AvgIpc) is 2.66. The number of hydrogen-bond donors (Lipinski definition) is 2. The standard InChI is InChI=1S/C10H12N2O2/c1-11-10(13)12-8-4-2-3-7-5-6-14-9(7)8/h2-4H,5-6H2,1H3,(H2,11,12,13). The van der Waals surface area contributed by atoms with Crippen molar-refractivity contribution in [3.05, 3.63) is 23.8 Å². The molecule has 0 aliphatic carbocycles. The number of carbonyl (C=O) groups excluding carboxylic acids is 1. The van der Waals surface area contributed by atoms with Crippen LogP contribution in [0.4, 0.5) is 10.5 Å². The first kappa shape index (κ1) is 8.87.